The van der Waals surface area contributed by atoms with Gasteiger partial charge in [-0.05, 0) is 49.2 Å². The van der Waals surface area contributed by atoms with Gasteiger partial charge in [-0.15, -0.1) is 0 Å². The van der Waals surface area contributed by atoms with Gasteiger partial charge in [0.05, 0.1) is 26.6 Å². The molecule has 32 heavy (non-hydrogen) atoms. The smallest absolute Gasteiger partial charge is 0.240 e. The zero-order valence-corrected chi connectivity index (χ0v) is 20.9. The van der Waals surface area contributed by atoms with Crippen LogP contribution in [0.4, 0.5) is 0 Å². The molecule has 0 saturated carbocycles. The molecule has 0 saturated heterocycles. The molecule has 0 fully saturated rings. The van der Waals surface area contributed by atoms with Crippen LogP contribution in [0.25, 0.3) is 0 Å². The lowest BCUT2D eigenvalue weighted by molar-refractivity contribution is -0.123. The van der Waals surface area contributed by atoms with Crippen LogP contribution in [0.5, 0.6) is 11.5 Å². The molecule has 0 heterocycles. The maximum Gasteiger partial charge on any atom is 0.240 e. The van der Waals surface area contributed by atoms with Crippen LogP contribution in [0.15, 0.2) is 55.5 Å². The Morgan fingerprint density at radius 2 is 1.22 bits per heavy atom. The molecule has 2 rings (SSSR count). The van der Waals surface area contributed by atoms with Gasteiger partial charge < -0.3 is 9.47 Å². The number of rotatable bonds is 11. The summed E-state index contributed by atoms with van der Waals surface area (Å²) in [5, 5.41) is 7.91. The molecule has 2 aromatic carbocycles. The third-order valence-electron chi connectivity index (χ3n) is 4.23. The average molecular weight is 568 g/mol. The lowest BCUT2D eigenvalue weighted by atomic mass is 10.2. The van der Waals surface area contributed by atoms with Gasteiger partial charge in [-0.3, -0.25) is 9.59 Å². The minimum absolute atomic E-state index is 0.226. The molecule has 0 spiro atoms. The Bertz CT molecular complexity index is 916. The Hall–Kier alpha value is -2.72. The number of nitrogens with zero attached hydrogens (tertiary/aromatic N) is 2. The second-order valence-corrected chi connectivity index (χ2v) is 8.40. The van der Waals surface area contributed by atoms with E-state index in [2.05, 4.69) is 52.9 Å². The number of nitrogens with one attached hydrogen (secondary N) is 2. The van der Waals surface area contributed by atoms with Crippen molar-refractivity contribution in [2.24, 2.45) is 10.2 Å². The SMILES string of the molecule is COc1ccc(Br)cc1/C=N/NC(=O)CCCCC(=O)N/N=C/c1cc(Br)ccc1OC. The molecule has 2 aromatic rings. The van der Waals surface area contributed by atoms with Crippen molar-refractivity contribution in [1.29, 1.82) is 0 Å². The van der Waals surface area contributed by atoms with Gasteiger partial charge in [0.25, 0.3) is 0 Å². The maximum absolute atomic E-state index is 11.9. The number of carbonyl (C=O) groups excluding carboxylic acids is 2. The highest BCUT2D eigenvalue weighted by atomic mass is 79.9. The molecule has 8 nitrogen and oxygen atoms in total. The normalized spacial score (nSPS) is 11.0. The Balaban J connectivity index is 1.68. The van der Waals surface area contributed by atoms with Crippen molar-refractivity contribution in [3.63, 3.8) is 0 Å². The second-order valence-electron chi connectivity index (χ2n) is 6.57. The van der Waals surface area contributed by atoms with E-state index in [-0.39, 0.29) is 24.7 Å². The highest BCUT2D eigenvalue weighted by Crippen LogP contribution is 2.22. The predicted octanol–water partition coefficient (Wildman–Crippen LogP) is 4.39. The number of methoxy groups -OCH3 is 2. The molecular formula is C22H24Br2N4O4. The first-order valence-corrected chi connectivity index (χ1v) is 11.3. The van der Waals surface area contributed by atoms with E-state index < -0.39 is 0 Å². The summed E-state index contributed by atoms with van der Waals surface area (Å²) in [4.78, 5) is 23.8. The van der Waals surface area contributed by atoms with Gasteiger partial charge in [-0.2, -0.15) is 10.2 Å². The number of carbonyl (C=O) groups is 2. The number of hydrazone groups is 2. The van der Waals surface area contributed by atoms with E-state index >= 15 is 0 Å². The predicted molar refractivity (Wildman–Crippen MR) is 131 cm³/mol. The largest absolute Gasteiger partial charge is 0.496 e. The van der Waals surface area contributed by atoms with E-state index in [0.29, 0.717) is 24.3 Å². The maximum atomic E-state index is 11.9. The van der Waals surface area contributed by atoms with Crippen LogP contribution >= 0.6 is 31.9 Å². The van der Waals surface area contributed by atoms with E-state index in [1.54, 1.807) is 26.4 Å². The van der Waals surface area contributed by atoms with Crippen molar-refractivity contribution in [3.05, 3.63) is 56.5 Å². The van der Waals surface area contributed by atoms with E-state index in [1.165, 1.54) is 12.4 Å². The lowest BCUT2D eigenvalue weighted by Gasteiger charge is -2.05. The monoisotopic (exact) mass is 566 g/mol. The van der Waals surface area contributed by atoms with Crippen molar-refractivity contribution in [2.75, 3.05) is 14.2 Å². The molecule has 2 N–H and O–H groups in total. The standard InChI is InChI=1S/C22H24Br2N4O4/c1-31-19-9-7-17(23)11-15(19)13-25-27-21(29)5-3-4-6-22(30)28-26-14-16-12-18(24)8-10-20(16)32-2/h7-14H,3-6H2,1-2H3,(H,27,29)(H,28,30)/b25-13+,26-14+. The highest BCUT2D eigenvalue weighted by Gasteiger charge is 2.05. The molecular weight excluding hydrogens is 544 g/mol. The van der Waals surface area contributed by atoms with Crippen molar-refractivity contribution in [3.8, 4) is 11.5 Å². The van der Waals surface area contributed by atoms with Crippen LogP contribution in [-0.2, 0) is 9.59 Å². The molecule has 0 bridgehead atoms. The van der Waals surface area contributed by atoms with Gasteiger partial charge in [-0.25, -0.2) is 10.9 Å². The van der Waals surface area contributed by atoms with Crippen molar-refractivity contribution in [2.45, 2.75) is 25.7 Å². The van der Waals surface area contributed by atoms with Crippen molar-refractivity contribution < 1.29 is 19.1 Å². The van der Waals surface area contributed by atoms with E-state index in [9.17, 15) is 9.59 Å². The minimum atomic E-state index is -0.226. The fraction of sp³-hybridized carbons (Fsp3) is 0.273. The minimum Gasteiger partial charge on any atom is -0.496 e. The topological polar surface area (TPSA) is 101 Å². The lowest BCUT2D eigenvalue weighted by Crippen LogP contribution is -2.19. The first-order chi connectivity index (χ1) is 15.4. The van der Waals surface area contributed by atoms with Crippen LogP contribution < -0.4 is 20.3 Å². The van der Waals surface area contributed by atoms with Gasteiger partial charge >= 0.3 is 0 Å². The zero-order valence-electron chi connectivity index (χ0n) is 17.7. The summed E-state index contributed by atoms with van der Waals surface area (Å²) in [6.45, 7) is 0. The van der Waals surface area contributed by atoms with Gasteiger partial charge in [0, 0.05) is 32.9 Å². The summed E-state index contributed by atoms with van der Waals surface area (Å²) >= 11 is 6.77. The third kappa shape index (κ3) is 8.80. The van der Waals surface area contributed by atoms with Gasteiger partial charge in [-0.1, -0.05) is 31.9 Å². The van der Waals surface area contributed by atoms with Gasteiger partial charge in [0.1, 0.15) is 11.5 Å². The molecule has 10 heteroatoms. The Morgan fingerprint density at radius 3 is 1.59 bits per heavy atom. The Kier molecular flexibility index (Phi) is 10.9. The summed E-state index contributed by atoms with van der Waals surface area (Å²) in [5.74, 6) is 0.849. The quantitative estimate of drug-likeness (QED) is 0.239. The van der Waals surface area contributed by atoms with E-state index in [1.807, 2.05) is 24.3 Å². The molecule has 0 aromatic heterocycles. The number of hydrogen-bond donors (Lipinski definition) is 2. The first kappa shape index (κ1) is 25.5. The summed E-state index contributed by atoms with van der Waals surface area (Å²) in [5.41, 5.74) is 6.43. The summed E-state index contributed by atoms with van der Waals surface area (Å²) in [6.07, 6.45) is 4.67. The Morgan fingerprint density at radius 1 is 0.812 bits per heavy atom. The fourth-order valence-corrected chi connectivity index (χ4v) is 3.40. The Labute approximate surface area is 203 Å². The second kappa shape index (κ2) is 13.6. The number of amides is 2. The van der Waals surface area contributed by atoms with E-state index in [0.717, 1.165) is 20.1 Å². The molecule has 0 atom stereocenters. The molecule has 170 valence electrons. The van der Waals surface area contributed by atoms with Crippen LogP contribution in [-0.4, -0.2) is 38.5 Å². The molecule has 2 amide bonds. The fourth-order valence-electron chi connectivity index (χ4n) is 2.64. The molecule has 0 aliphatic carbocycles. The highest BCUT2D eigenvalue weighted by molar-refractivity contribution is 9.10. The van der Waals surface area contributed by atoms with Crippen molar-refractivity contribution in [1.82, 2.24) is 10.9 Å². The van der Waals surface area contributed by atoms with Gasteiger partial charge in [0.15, 0.2) is 0 Å². The third-order valence-corrected chi connectivity index (χ3v) is 5.21. The van der Waals surface area contributed by atoms with Crippen molar-refractivity contribution >= 4 is 56.1 Å². The number of benzene rings is 2. The van der Waals surface area contributed by atoms with Crippen LogP contribution in [0.2, 0.25) is 0 Å². The van der Waals surface area contributed by atoms with Crippen LogP contribution in [0.3, 0.4) is 0 Å². The molecule has 0 unspecified atom stereocenters. The van der Waals surface area contributed by atoms with Gasteiger partial charge in [0.2, 0.25) is 11.8 Å². The summed E-state index contributed by atoms with van der Waals surface area (Å²) in [6, 6.07) is 11.0. The number of halogens is 2. The average Bonchev–Trinajstić information content (AvgIpc) is 2.77. The summed E-state index contributed by atoms with van der Waals surface area (Å²) in [7, 11) is 3.14. The summed E-state index contributed by atoms with van der Waals surface area (Å²) < 4.78 is 12.3. The number of ether oxygens (including phenoxy) is 2. The zero-order chi connectivity index (χ0) is 23.3. The number of unbranched alkanes of at least 4 members (excludes halogenated alkanes) is 1. The van der Waals surface area contributed by atoms with Crippen LogP contribution in [0, 0.1) is 0 Å². The molecule has 0 aliphatic rings. The number of hydrogen-bond acceptors (Lipinski definition) is 6. The molecule has 0 aliphatic heterocycles. The van der Waals surface area contributed by atoms with E-state index in [4.69, 9.17) is 9.47 Å². The first-order valence-electron chi connectivity index (χ1n) is 9.74. The van der Waals surface area contributed by atoms with Crippen LogP contribution in [0.1, 0.15) is 36.8 Å². The molecule has 0 radical (unpaired) electrons.